The number of rotatable bonds is 0. The van der Waals surface area contributed by atoms with E-state index in [0.717, 1.165) is 18.3 Å². The van der Waals surface area contributed by atoms with Crippen LogP contribution in [0, 0.1) is 0 Å². The Kier molecular flexibility index (Phi) is 1.70. The summed E-state index contributed by atoms with van der Waals surface area (Å²) in [5, 5.41) is 9.54. The molecule has 0 saturated heterocycles. The minimum Gasteiger partial charge on any atom is -0.388 e. The van der Waals surface area contributed by atoms with E-state index in [-0.39, 0.29) is 6.10 Å². The molecular weight excluding hydrogens is 135 g/mol. The largest absolute Gasteiger partial charge is 0.388 e. The van der Waals surface area contributed by atoms with E-state index in [1.807, 2.05) is 18.2 Å². The zero-order chi connectivity index (χ0) is 7.68. The molecule has 55 valence electrons. The van der Waals surface area contributed by atoms with Gasteiger partial charge in [0.05, 0.1) is 6.10 Å². The van der Waals surface area contributed by atoms with E-state index in [1.54, 1.807) is 0 Å². The third-order valence-electron chi connectivity index (χ3n) is 2.16. The highest BCUT2D eigenvalue weighted by atomic mass is 16.3. The standard InChI is InChI=1S/C9H10BO/c11-9-5-6-10-8-4-2-1-3-7(8)9/h1-4,9,11H,5-6H2. The van der Waals surface area contributed by atoms with Crippen LogP contribution < -0.4 is 5.46 Å². The van der Waals surface area contributed by atoms with E-state index in [1.165, 1.54) is 5.46 Å². The molecule has 1 aliphatic rings. The van der Waals surface area contributed by atoms with Crippen LogP contribution in [0.25, 0.3) is 0 Å². The Morgan fingerprint density at radius 2 is 2.18 bits per heavy atom. The van der Waals surface area contributed by atoms with E-state index in [4.69, 9.17) is 0 Å². The fourth-order valence-electron chi connectivity index (χ4n) is 1.55. The number of aliphatic hydroxyl groups is 1. The molecule has 1 unspecified atom stereocenters. The van der Waals surface area contributed by atoms with Gasteiger partial charge in [0, 0.05) is 0 Å². The first-order valence-electron chi connectivity index (χ1n) is 3.98. The van der Waals surface area contributed by atoms with Crippen molar-refractivity contribution in [3.63, 3.8) is 0 Å². The maximum Gasteiger partial charge on any atom is 0.152 e. The van der Waals surface area contributed by atoms with Crippen molar-refractivity contribution in [1.29, 1.82) is 0 Å². The van der Waals surface area contributed by atoms with Gasteiger partial charge in [0.1, 0.15) is 0 Å². The van der Waals surface area contributed by atoms with E-state index in [9.17, 15) is 5.11 Å². The average Bonchev–Trinajstić information content (AvgIpc) is 2.06. The third-order valence-corrected chi connectivity index (χ3v) is 2.16. The number of hydrogen-bond acceptors (Lipinski definition) is 1. The Morgan fingerprint density at radius 1 is 1.36 bits per heavy atom. The molecule has 0 amide bonds. The lowest BCUT2D eigenvalue weighted by atomic mass is 9.59. The first-order chi connectivity index (χ1) is 5.38. The van der Waals surface area contributed by atoms with Crippen molar-refractivity contribution >= 4 is 12.7 Å². The zero-order valence-corrected chi connectivity index (χ0v) is 6.33. The van der Waals surface area contributed by atoms with Gasteiger partial charge in [-0.05, 0) is 12.0 Å². The maximum absolute atomic E-state index is 9.54. The molecule has 1 aromatic carbocycles. The fourth-order valence-corrected chi connectivity index (χ4v) is 1.55. The Bertz CT molecular complexity index is 259. The summed E-state index contributed by atoms with van der Waals surface area (Å²) in [5.74, 6) is 0. The second-order valence-electron chi connectivity index (χ2n) is 2.93. The number of hydrogen-bond donors (Lipinski definition) is 1. The van der Waals surface area contributed by atoms with Gasteiger partial charge < -0.3 is 5.11 Å². The predicted molar refractivity (Wildman–Crippen MR) is 46.2 cm³/mol. The molecule has 1 nitrogen and oxygen atoms in total. The summed E-state index contributed by atoms with van der Waals surface area (Å²) < 4.78 is 0. The molecular formula is C9H10BO. The lowest BCUT2D eigenvalue weighted by Gasteiger charge is -2.19. The van der Waals surface area contributed by atoms with Crippen LogP contribution in [0.4, 0.5) is 0 Å². The van der Waals surface area contributed by atoms with Crippen LogP contribution in [0.15, 0.2) is 24.3 Å². The molecule has 0 fully saturated rings. The zero-order valence-electron chi connectivity index (χ0n) is 6.33. The van der Waals surface area contributed by atoms with Crippen molar-refractivity contribution in [2.75, 3.05) is 0 Å². The quantitative estimate of drug-likeness (QED) is 0.537. The minimum absolute atomic E-state index is 0.240. The predicted octanol–water partition coefficient (Wildman–Crippen LogP) is 0.872. The first kappa shape index (κ1) is 6.92. The highest BCUT2D eigenvalue weighted by Gasteiger charge is 2.16. The fraction of sp³-hybridized carbons (Fsp3) is 0.333. The molecule has 2 heteroatoms. The summed E-state index contributed by atoms with van der Waals surface area (Å²) in [5.41, 5.74) is 2.28. The summed E-state index contributed by atoms with van der Waals surface area (Å²) in [7, 11) is 2.18. The van der Waals surface area contributed by atoms with E-state index >= 15 is 0 Å². The number of fused-ring (bicyclic) bond motifs is 1. The summed E-state index contributed by atoms with van der Waals surface area (Å²) in [6, 6.07) is 8.03. The Hall–Kier alpha value is -0.755. The van der Waals surface area contributed by atoms with Crippen LogP contribution >= 0.6 is 0 Å². The van der Waals surface area contributed by atoms with Crippen molar-refractivity contribution in [3.05, 3.63) is 29.8 Å². The second kappa shape index (κ2) is 2.70. The summed E-state index contributed by atoms with van der Waals surface area (Å²) in [6.45, 7) is 0. The molecule has 0 aliphatic carbocycles. The average molecular weight is 145 g/mol. The van der Waals surface area contributed by atoms with Gasteiger partial charge in [0.2, 0.25) is 0 Å². The van der Waals surface area contributed by atoms with Crippen LogP contribution in [0.1, 0.15) is 18.1 Å². The molecule has 1 N–H and O–H groups in total. The Morgan fingerprint density at radius 3 is 3.00 bits per heavy atom. The SMILES string of the molecule is OC1CC[B]c2ccccc21. The van der Waals surface area contributed by atoms with Crippen molar-refractivity contribution in [2.45, 2.75) is 18.8 Å². The first-order valence-corrected chi connectivity index (χ1v) is 3.98. The number of aliphatic hydroxyl groups excluding tert-OH is 1. The smallest absolute Gasteiger partial charge is 0.152 e. The molecule has 1 aromatic rings. The molecule has 11 heavy (non-hydrogen) atoms. The van der Waals surface area contributed by atoms with Gasteiger partial charge in [-0.2, -0.15) is 0 Å². The summed E-state index contributed by atoms with van der Waals surface area (Å²) in [4.78, 5) is 0. The third kappa shape index (κ3) is 1.18. The van der Waals surface area contributed by atoms with Crippen molar-refractivity contribution in [2.24, 2.45) is 0 Å². The second-order valence-corrected chi connectivity index (χ2v) is 2.93. The molecule has 1 aliphatic heterocycles. The minimum atomic E-state index is -0.240. The van der Waals surface area contributed by atoms with Gasteiger partial charge in [0.25, 0.3) is 0 Å². The number of benzene rings is 1. The van der Waals surface area contributed by atoms with Crippen molar-refractivity contribution in [1.82, 2.24) is 0 Å². The maximum atomic E-state index is 9.54. The van der Waals surface area contributed by atoms with Gasteiger partial charge in [-0.3, -0.25) is 0 Å². The van der Waals surface area contributed by atoms with E-state index < -0.39 is 0 Å². The molecule has 0 aromatic heterocycles. The molecule has 1 atom stereocenters. The Labute approximate surface area is 67.3 Å². The lowest BCUT2D eigenvalue weighted by Crippen LogP contribution is -2.26. The van der Waals surface area contributed by atoms with Crippen LogP contribution in [0.5, 0.6) is 0 Å². The van der Waals surface area contributed by atoms with Crippen LogP contribution in [-0.4, -0.2) is 12.4 Å². The van der Waals surface area contributed by atoms with Crippen molar-refractivity contribution in [3.8, 4) is 0 Å². The summed E-state index contributed by atoms with van der Waals surface area (Å²) in [6.07, 6.45) is 1.63. The highest BCUT2D eigenvalue weighted by Crippen LogP contribution is 2.20. The monoisotopic (exact) mass is 145 g/mol. The van der Waals surface area contributed by atoms with Crippen LogP contribution in [-0.2, 0) is 0 Å². The van der Waals surface area contributed by atoms with Gasteiger partial charge in [-0.15, -0.1) is 0 Å². The summed E-state index contributed by atoms with van der Waals surface area (Å²) >= 11 is 0. The van der Waals surface area contributed by atoms with Gasteiger partial charge >= 0.3 is 0 Å². The normalized spacial score (nSPS) is 22.1. The van der Waals surface area contributed by atoms with Crippen LogP contribution in [0.2, 0.25) is 6.32 Å². The molecule has 1 heterocycles. The van der Waals surface area contributed by atoms with Crippen molar-refractivity contribution < 1.29 is 5.11 Å². The van der Waals surface area contributed by atoms with E-state index in [2.05, 4.69) is 13.3 Å². The topological polar surface area (TPSA) is 20.2 Å². The Balaban J connectivity index is 2.44. The van der Waals surface area contributed by atoms with Gasteiger partial charge in [-0.1, -0.05) is 36.0 Å². The van der Waals surface area contributed by atoms with Gasteiger partial charge in [-0.25, -0.2) is 0 Å². The molecule has 2 rings (SSSR count). The highest BCUT2D eigenvalue weighted by molar-refractivity contribution is 6.54. The molecule has 0 saturated carbocycles. The van der Waals surface area contributed by atoms with E-state index in [0.29, 0.717) is 0 Å². The van der Waals surface area contributed by atoms with Crippen LogP contribution in [0.3, 0.4) is 0 Å². The lowest BCUT2D eigenvalue weighted by molar-refractivity contribution is 0.173. The molecule has 0 bridgehead atoms. The van der Waals surface area contributed by atoms with Gasteiger partial charge in [0.15, 0.2) is 7.28 Å². The molecule has 0 spiro atoms. The molecule has 1 radical (unpaired) electrons.